The van der Waals surface area contributed by atoms with Crippen molar-refractivity contribution in [3.8, 4) is 0 Å². The van der Waals surface area contributed by atoms with Gasteiger partial charge in [-0.3, -0.25) is 4.79 Å². The number of nitrogens with two attached hydrogens (primary N) is 1. The van der Waals surface area contributed by atoms with E-state index in [0.29, 0.717) is 11.4 Å². The molecular weight excluding hydrogens is 269 g/mol. The lowest BCUT2D eigenvalue weighted by Gasteiger charge is -2.08. The summed E-state index contributed by atoms with van der Waals surface area (Å²) >= 11 is 4.69. The van der Waals surface area contributed by atoms with E-state index in [0.717, 1.165) is 5.01 Å². The van der Waals surface area contributed by atoms with Crippen LogP contribution < -0.4 is 5.73 Å². The van der Waals surface area contributed by atoms with E-state index in [1.54, 1.807) is 6.92 Å². The first kappa shape index (κ1) is 13.2. The summed E-state index contributed by atoms with van der Waals surface area (Å²) in [5, 5.41) is 12.4. The number of amides is 1. The van der Waals surface area contributed by atoms with Crippen molar-refractivity contribution in [1.82, 2.24) is 5.01 Å². The first-order chi connectivity index (χ1) is 8.99. The molecule has 0 saturated carbocycles. The summed E-state index contributed by atoms with van der Waals surface area (Å²) in [5.74, 6) is -0.816. The molecule has 1 heterocycles. The first-order valence-electron chi connectivity index (χ1n) is 5.34. The molecule has 0 spiro atoms. The van der Waals surface area contributed by atoms with Crippen LogP contribution >= 0.6 is 12.2 Å². The van der Waals surface area contributed by atoms with E-state index >= 15 is 0 Å². The number of azo groups is 1. The van der Waals surface area contributed by atoms with Crippen molar-refractivity contribution < 1.29 is 9.18 Å². The van der Waals surface area contributed by atoms with Gasteiger partial charge in [-0.25, -0.2) is 4.39 Å². The summed E-state index contributed by atoms with van der Waals surface area (Å²) < 4.78 is 12.7. The Morgan fingerprint density at radius 1 is 1.47 bits per heavy atom. The van der Waals surface area contributed by atoms with E-state index < -0.39 is 11.9 Å². The minimum atomic E-state index is -0.841. The van der Waals surface area contributed by atoms with Crippen LogP contribution in [-0.2, 0) is 4.79 Å². The molecule has 1 atom stereocenters. The standard InChI is InChI=1S/C11H10FN5OS/c1-6-9(10(18)17(16-6)11(13)19)15-14-8-4-2-7(12)3-5-8/h2-5,9H,1H3,(H2,13,19)/t9-/m0/s1. The van der Waals surface area contributed by atoms with Crippen LogP contribution in [0.1, 0.15) is 6.92 Å². The molecule has 0 fully saturated rings. The predicted molar refractivity (Wildman–Crippen MR) is 71.4 cm³/mol. The van der Waals surface area contributed by atoms with E-state index in [1.165, 1.54) is 24.3 Å². The van der Waals surface area contributed by atoms with Crippen LogP contribution in [0.4, 0.5) is 10.1 Å². The number of hydrogen-bond acceptors (Lipinski definition) is 5. The number of thiocarbonyl (C=S) groups is 1. The number of hydrazone groups is 1. The zero-order valence-corrected chi connectivity index (χ0v) is 10.8. The third-order valence-corrected chi connectivity index (χ3v) is 2.59. The summed E-state index contributed by atoms with van der Waals surface area (Å²) in [7, 11) is 0. The predicted octanol–water partition coefficient (Wildman–Crippen LogP) is 1.74. The van der Waals surface area contributed by atoms with Crippen molar-refractivity contribution in [2.24, 2.45) is 21.1 Å². The lowest BCUT2D eigenvalue weighted by atomic mass is 10.2. The van der Waals surface area contributed by atoms with E-state index in [9.17, 15) is 9.18 Å². The van der Waals surface area contributed by atoms with Gasteiger partial charge in [-0.2, -0.15) is 20.3 Å². The van der Waals surface area contributed by atoms with Gasteiger partial charge < -0.3 is 5.73 Å². The molecule has 1 aliphatic rings. The molecule has 1 amide bonds. The lowest BCUT2D eigenvalue weighted by molar-refractivity contribution is -0.126. The highest BCUT2D eigenvalue weighted by atomic mass is 32.1. The normalized spacial score (nSPS) is 19.1. The number of carbonyl (C=O) groups excluding carboxylic acids is 1. The molecular formula is C11H10FN5OS. The molecule has 6 nitrogen and oxygen atoms in total. The van der Waals surface area contributed by atoms with Crippen molar-refractivity contribution in [2.75, 3.05) is 0 Å². The third-order valence-electron chi connectivity index (χ3n) is 2.42. The highest BCUT2D eigenvalue weighted by Gasteiger charge is 2.35. The fraction of sp³-hybridized carbons (Fsp3) is 0.182. The Bertz CT molecular complexity index is 583. The Balaban J connectivity index is 2.16. The maximum atomic E-state index is 12.7. The second-order valence-electron chi connectivity index (χ2n) is 3.82. The number of carbonyl (C=O) groups is 1. The van der Waals surface area contributed by atoms with Gasteiger partial charge in [0, 0.05) is 0 Å². The molecule has 98 valence electrons. The van der Waals surface area contributed by atoms with Crippen LogP contribution in [0, 0.1) is 5.82 Å². The zero-order chi connectivity index (χ0) is 14.0. The van der Waals surface area contributed by atoms with Crippen LogP contribution in [-0.4, -0.2) is 27.8 Å². The SMILES string of the molecule is CC1=NN(C(N)=S)C(=O)[C@H]1N=Nc1ccc(F)cc1. The topological polar surface area (TPSA) is 83.4 Å². The molecule has 1 aromatic carbocycles. The number of hydrogen-bond donors (Lipinski definition) is 1. The fourth-order valence-electron chi connectivity index (χ4n) is 1.48. The Morgan fingerprint density at radius 2 is 2.11 bits per heavy atom. The monoisotopic (exact) mass is 279 g/mol. The van der Waals surface area contributed by atoms with E-state index in [1.807, 2.05) is 0 Å². The van der Waals surface area contributed by atoms with Gasteiger partial charge in [-0.1, -0.05) is 0 Å². The van der Waals surface area contributed by atoms with Gasteiger partial charge in [0.15, 0.2) is 11.2 Å². The van der Waals surface area contributed by atoms with Gasteiger partial charge in [0.2, 0.25) is 0 Å². The molecule has 2 rings (SSSR count). The minimum absolute atomic E-state index is 0.135. The van der Waals surface area contributed by atoms with Gasteiger partial charge in [0.1, 0.15) is 5.82 Å². The average Bonchev–Trinajstić information content (AvgIpc) is 2.65. The number of benzene rings is 1. The lowest BCUT2D eigenvalue weighted by Crippen LogP contribution is -2.37. The Kier molecular flexibility index (Phi) is 3.61. The highest BCUT2D eigenvalue weighted by molar-refractivity contribution is 7.80. The fourth-order valence-corrected chi connectivity index (χ4v) is 1.61. The molecule has 0 unspecified atom stereocenters. The molecule has 0 radical (unpaired) electrons. The average molecular weight is 279 g/mol. The second-order valence-corrected chi connectivity index (χ2v) is 4.24. The van der Waals surface area contributed by atoms with Crippen molar-refractivity contribution in [2.45, 2.75) is 13.0 Å². The summed E-state index contributed by atoms with van der Waals surface area (Å²) in [6.07, 6.45) is 0. The van der Waals surface area contributed by atoms with Crippen LogP contribution in [0.25, 0.3) is 0 Å². The third kappa shape index (κ3) is 2.79. The molecule has 2 N–H and O–H groups in total. The number of halogens is 1. The molecule has 0 saturated heterocycles. The molecule has 19 heavy (non-hydrogen) atoms. The van der Waals surface area contributed by atoms with Crippen molar-refractivity contribution in [3.63, 3.8) is 0 Å². The van der Waals surface area contributed by atoms with Crippen LogP contribution in [0.3, 0.4) is 0 Å². The number of rotatable bonds is 2. The largest absolute Gasteiger partial charge is 0.374 e. The van der Waals surface area contributed by atoms with Crippen molar-refractivity contribution >= 4 is 34.6 Å². The van der Waals surface area contributed by atoms with Crippen molar-refractivity contribution in [3.05, 3.63) is 30.1 Å². The zero-order valence-electron chi connectivity index (χ0n) is 9.95. The smallest absolute Gasteiger partial charge is 0.282 e. The second kappa shape index (κ2) is 5.19. The summed E-state index contributed by atoms with van der Waals surface area (Å²) in [6, 6.07) is 4.58. The van der Waals surface area contributed by atoms with Crippen molar-refractivity contribution in [1.29, 1.82) is 0 Å². The molecule has 0 aliphatic carbocycles. The summed E-state index contributed by atoms with van der Waals surface area (Å²) in [5.41, 5.74) is 6.24. The quantitative estimate of drug-likeness (QED) is 0.661. The van der Waals surface area contributed by atoms with Crippen LogP contribution in [0.5, 0.6) is 0 Å². The molecule has 1 aromatic rings. The molecule has 0 bridgehead atoms. The number of nitrogens with zero attached hydrogens (tertiary/aromatic N) is 4. The maximum Gasteiger partial charge on any atom is 0.282 e. The Morgan fingerprint density at radius 3 is 2.63 bits per heavy atom. The van der Waals surface area contributed by atoms with Crippen LogP contribution in [0.15, 0.2) is 39.6 Å². The molecule has 0 aromatic heterocycles. The Hall–Kier alpha value is -2.22. The van der Waals surface area contributed by atoms with E-state index in [4.69, 9.17) is 18.0 Å². The van der Waals surface area contributed by atoms with Gasteiger partial charge in [-0.05, 0) is 43.4 Å². The van der Waals surface area contributed by atoms with Gasteiger partial charge >= 0.3 is 0 Å². The summed E-state index contributed by atoms with van der Waals surface area (Å²) in [4.78, 5) is 11.9. The van der Waals surface area contributed by atoms with Gasteiger partial charge in [-0.15, -0.1) is 0 Å². The first-order valence-corrected chi connectivity index (χ1v) is 5.75. The van der Waals surface area contributed by atoms with Crippen LogP contribution in [0.2, 0.25) is 0 Å². The van der Waals surface area contributed by atoms with Gasteiger partial charge in [0.25, 0.3) is 5.91 Å². The van der Waals surface area contributed by atoms with E-state index in [2.05, 4.69) is 15.3 Å². The molecule has 8 heteroatoms. The Labute approximate surface area is 113 Å². The molecule has 1 aliphatic heterocycles. The maximum absolute atomic E-state index is 12.7. The van der Waals surface area contributed by atoms with Gasteiger partial charge in [0.05, 0.1) is 11.4 Å². The summed E-state index contributed by atoms with van der Waals surface area (Å²) in [6.45, 7) is 1.63. The minimum Gasteiger partial charge on any atom is -0.374 e. The highest BCUT2D eigenvalue weighted by Crippen LogP contribution is 2.17. The van der Waals surface area contributed by atoms with E-state index in [-0.39, 0.29) is 10.9 Å².